The lowest BCUT2D eigenvalue weighted by Crippen LogP contribution is -2.14. The summed E-state index contributed by atoms with van der Waals surface area (Å²) in [4.78, 5) is 16.6. The monoisotopic (exact) mass is 360 g/mol. The van der Waals surface area contributed by atoms with Gasteiger partial charge in [0.05, 0.1) is 15.2 Å². The molecule has 0 saturated heterocycles. The molecular formula is C16H10BrClN2O. The van der Waals surface area contributed by atoms with Crippen LogP contribution in [0.2, 0.25) is 5.02 Å². The zero-order chi connectivity index (χ0) is 14.8. The van der Waals surface area contributed by atoms with Crippen LogP contribution in [-0.4, -0.2) is 10.9 Å². The predicted molar refractivity (Wildman–Crippen MR) is 88.8 cm³/mol. The van der Waals surface area contributed by atoms with Crippen molar-refractivity contribution in [2.75, 3.05) is 5.32 Å². The van der Waals surface area contributed by atoms with Gasteiger partial charge in [-0.05, 0) is 39.5 Å². The maximum absolute atomic E-state index is 12.5. The quantitative estimate of drug-likeness (QED) is 0.705. The summed E-state index contributed by atoms with van der Waals surface area (Å²) in [5, 5.41) is 5.16. The fourth-order valence-corrected chi connectivity index (χ4v) is 2.62. The van der Waals surface area contributed by atoms with E-state index in [1.165, 1.54) is 0 Å². The summed E-state index contributed by atoms with van der Waals surface area (Å²) in [6.45, 7) is 0. The molecule has 0 saturated carbocycles. The first-order valence-corrected chi connectivity index (χ1v) is 7.43. The Balaban J connectivity index is 2.00. The second-order valence-corrected chi connectivity index (χ2v) is 5.64. The average Bonchev–Trinajstić information content (AvgIpc) is 2.51. The van der Waals surface area contributed by atoms with Crippen molar-refractivity contribution in [3.63, 3.8) is 0 Å². The molecule has 0 aliphatic rings. The number of rotatable bonds is 2. The van der Waals surface area contributed by atoms with E-state index in [1.54, 1.807) is 24.4 Å². The molecule has 0 aliphatic carbocycles. The minimum atomic E-state index is -0.269. The minimum absolute atomic E-state index is 0.269. The molecule has 0 bridgehead atoms. The Morgan fingerprint density at radius 2 is 1.90 bits per heavy atom. The first-order valence-electron chi connectivity index (χ1n) is 6.26. The molecule has 0 atom stereocenters. The number of carbonyl (C=O) groups is 1. The van der Waals surface area contributed by atoms with Crippen LogP contribution in [0.4, 0.5) is 5.69 Å². The van der Waals surface area contributed by atoms with Crippen molar-refractivity contribution in [2.24, 2.45) is 0 Å². The predicted octanol–water partition coefficient (Wildman–Crippen LogP) is 4.90. The normalized spacial score (nSPS) is 10.6. The molecule has 21 heavy (non-hydrogen) atoms. The molecule has 1 aromatic heterocycles. The summed E-state index contributed by atoms with van der Waals surface area (Å²) in [5.74, 6) is -0.269. The Hall–Kier alpha value is -1.91. The van der Waals surface area contributed by atoms with Crippen molar-refractivity contribution in [2.45, 2.75) is 0 Å². The Labute approximate surface area is 135 Å². The number of hydrogen-bond donors (Lipinski definition) is 1. The number of carbonyl (C=O) groups excluding carboxylic acids is 1. The van der Waals surface area contributed by atoms with E-state index in [1.807, 2.05) is 30.3 Å². The van der Waals surface area contributed by atoms with Crippen LogP contribution in [0.25, 0.3) is 10.8 Å². The molecule has 0 aliphatic heterocycles. The standard InChI is InChI=1S/C16H10BrClN2O/c17-14-12(18)6-3-7-13(14)20-16(21)15-11-5-2-1-4-10(11)8-9-19-15/h1-9H,(H,20,21). The molecule has 3 nitrogen and oxygen atoms in total. The van der Waals surface area contributed by atoms with Crippen molar-refractivity contribution in [1.29, 1.82) is 0 Å². The molecule has 5 heteroatoms. The van der Waals surface area contributed by atoms with Crippen molar-refractivity contribution >= 4 is 49.9 Å². The van der Waals surface area contributed by atoms with Gasteiger partial charge in [0.1, 0.15) is 5.69 Å². The number of hydrogen-bond acceptors (Lipinski definition) is 2. The molecular weight excluding hydrogens is 352 g/mol. The highest BCUT2D eigenvalue weighted by Gasteiger charge is 2.13. The van der Waals surface area contributed by atoms with Crippen LogP contribution in [0.15, 0.2) is 59.2 Å². The SMILES string of the molecule is O=C(Nc1cccc(Cl)c1Br)c1nccc2ccccc12. The van der Waals surface area contributed by atoms with E-state index in [9.17, 15) is 4.79 Å². The van der Waals surface area contributed by atoms with Crippen LogP contribution in [0.5, 0.6) is 0 Å². The largest absolute Gasteiger partial charge is 0.320 e. The summed E-state index contributed by atoms with van der Waals surface area (Å²) in [6, 6.07) is 14.8. The summed E-state index contributed by atoms with van der Waals surface area (Å²) < 4.78 is 0.653. The molecule has 3 aromatic rings. The number of pyridine rings is 1. The van der Waals surface area contributed by atoms with Gasteiger partial charge in [-0.1, -0.05) is 41.9 Å². The Morgan fingerprint density at radius 1 is 1.10 bits per heavy atom. The number of fused-ring (bicyclic) bond motifs is 1. The van der Waals surface area contributed by atoms with Gasteiger partial charge in [0.15, 0.2) is 0 Å². The Bertz CT molecular complexity index is 830. The molecule has 0 radical (unpaired) electrons. The second-order valence-electron chi connectivity index (χ2n) is 4.44. The third-order valence-electron chi connectivity index (χ3n) is 3.09. The molecule has 2 aromatic carbocycles. The number of halogens is 2. The van der Waals surface area contributed by atoms with Crippen LogP contribution < -0.4 is 5.32 Å². The molecule has 0 unspecified atom stereocenters. The van der Waals surface area contributed by atoms with Gasteiger partial charge in [-0.15, -0.1) is 0 Å². The van der Waals surface area contributed by atoms with Crippen LogP contribution in [-0.2, 0) is 0 Å². The van der Waals surface area contributed by atoms with E-state index in [2.05, 4.69) is 26.2 Å². The van der Waals surface area contributed by atoms with Crippen LogP contribution in [0.1, 0.15) is 10.5 Å². The molecule has 0 spiro atoms. The number of nitrogens with one attached hydrogen (secondary N) is 1. The average molecular weight is 362 g/mol. The lowest BCUT2D eigenvalue weighted by atomic mass is 10.1. The van der Waals surface area contributed by atoms with E-state index in [4.69, 9.17) is 11.6 Å². The first kappa shape index (κ1) is 14.0. The fourth-order valence-electron chi connectivity index (χ4n) is 2.08. The van der Waals surface area contributed by atoms with Gasteiger partial charge in [-0.3, -0.25) is 9.78 Å². The summed E-state index contributed by atoms with van der Waals surface area (Å²) in [5.41, 5.74) is 1.00. The maximum Gasteiger partial charge on any atom is 0.274 e. The highest BCUT2D eigenvalue weighted by atomic mass is 79.9. The minimum Gasteiger partial charge on any atom is -0.320 e. The smallest absolute Gasteiger partial charge is 0.274 e. The summed E-state index contributed by atoms with van der Waals surface area (Å²) in [6.07, 6.45) is 1.63. The molecule has 0 fully saturated rings. The van der Waals surface area contributed by atoms with Gasteiger partial charge < -0.3 is 5.32 Å². The van der Waals surface area contributed by atoms with E-state index < -0.39 is 0 Å². The third kappa shape index (κ3) is 2.77. The number of anilines is 1. The van der Waals surface area contributed by atoms with Crippen molar-refractivity contribution < 1.29 is 4.79 Å². The highest BCUT2D eigenvalue weighted by molar-refractivity contribution is 9.10. The molecule has 104 valence electrons. The second kappa shape index (κ2) is 5.84. The fraction of sp³-hybridized carbons (Fsp3) is 0. The Morgan fingerprint density at radius 3 is 2.76 bits per heavy atom. The topological polar surface area (TPSA) is 42.0 Å². The van der Waals surface area contributed by atoms with E-state index in [0.29, 0.717) is 20.9 Å². The number of amides is 1. The van der Waals surface area contributed by atoms with Crippen LogP contribution in [0, 0.1) is 0 Å². The van der Waals surface area contributed by atoms with Gasteiger partial charge in [0.25, 0.3) is 5.91 Å². The van der Waals surface area contributed by atoms with Gasteiger partial charge in [-0.25, -0.2) is 0 Å². The molecule has 1 amide bonds. The van der Waals surface area contributed by atoms with E-state index in [0.717, 1.165) is 10.8 Å². The van der Waals surface area contributed by atoms with Crippen molar-refractivity contribution in [3.8, 4) is 0 Å². The number of benzene rings is 2. The highest BCUT2D eigenvalue weighted by Crippen LogP contribution is 2.30. The molecule has 1 N–H and O–H groups in total. The first-order chi connectivity index (χ1) is 10.2. The van der Waals surface area contributed by atoms with Crippen LogP contribution in [0.3, 0.4) is 0 Å². The molecule has 3 rings (SSSR count). The number of aromatic nitrogens is 1. The van der Waals surface area contributed by atoms with Gasteiger partial charge in [-0.2, -0.15) is 0 Å². The lowest BCUT2D eigenvalue weighted by molar-refractivity contribution is 0.102. The van der Waals surface area contributed by atoms with Gasteiger partial charge in [0, 0.05) is 11.6 Å². The molecule has 1 heterocycles. The lowest BCUT2D eigenvalue weighted by Gasteiger charge is -2.09. The number of nitrogens with zero attached hydrogens (tertiary/aromatic N) is 1. The van der Waals surface area contributed by atoms with Crippen molar-refractivity contribution in [3.05, 3.63) is 69.9 Å². The zero-order valence-corrected chi connectivity index (χ0v) is 13.1. The van der Waals surface area contributed by atoms with E-state index >= 15 is 0 Å². The third-order valence-corrected chi connectivity index (χ3v) is 4.49. The van der Waals surface area contributed by atoms with E-state index in [-0.39, 0.29) is 5.91 Å². The van der Waals surface area contributed by atoms with Crippen molar-refractivity contribution in [1.82, 2.24) is 4.98 Å². The Kier molecular flexibility index (Phi) is 3.90. The van der Waals surface area contributed by atoms with Gasteiger partial charge >= 0.3 is 0 Å². The zero-order valence-electron chi connectivity index (χ0n) is 10.8. The maximum atomic E-state index is 12.5. The summed E-state index contributed by atoms with van der Waals surface area (Å²) >= 11 is 9.39. The van der Waals surface area contributed by atoms with Crippen LogP contribution >= 0.6 is 27.5 Å². The summed E-state index contributed by atoms with van der Waals surface area (Å²) in [7, 11) is 0. The van der Waals surface area contributed by atoms with Gasteiger partial charge in [0.2, 0.25) is 0 Å².